The van der Waals surface area contributed by atoms with E-state index in [0.717, 1.165) is 25.7 Å². The molecule has 0 amide bonds. The fourth-order valence-electron chi connectivity index (χ4n) is 3.59. The maximum absolute atomic E-state index is 12.5. The minimum atomic E-state index is -3.45. The van der Waals surface area contributed by atoms with Gasteiger partial charge < -0.3 is 5.11 Å². The van der Waals surface area contributed by atoms with E-state index in [0.29, 0.717) is 19.4 Å². The van der Waals surface area contributed by atoms with Gasteiger partial charge in [0.15, 0.2) is 0 Å². The number of likely N-dealkylation sites (N-methyl/N-ethyl adjacent to an activating group) is 1. The van der Waals surface area contributed by atoms with E-state index >= 15 is 0 Å². The van der Waals surface area contributed by atoms with E-state index < -0.39 is 16.2 Å². The van der Waals surface area contributed by atoms with E-state index in [-0.39, 0.29) is 24.7 Å². The van der Waals surface area contributed by atoms with Crippen LogP contribution in [0.5, 0.6) is 0 Å². The normalized spacial score (nSPS) is 26.4. The second-order valence-corrected chi connectivity index (χ2v) is 8.47. The van der Waals surface area contributed by atoms with Crippen LogP contribution < -0.4 is 4.72 Å². The van der Waals surface area contributed by atoms with Crippen molar-refractivity contribution >= 4 is 16.2 Å². The van der Waals surface area contributed by atoms with Gasteiger partial charge in [0.05, 0.1) is 6.54 Å². The summed E-state index contributed by atoms with van der Waals surface area (Å²) in [5.74, 6) is -0.840. The number of nitrogens with zero attached hydrogens (tertiary/aromatic N) is 2. The number of carbonyl (C=O) groups is 1. The van der Waals surface area contributed by atoms with Crippen LogP contribution >= 0.6 is 0 Å². The van der Waals surface area contributed by atoms with Crippen molar-refractivity contribution in [2.45, 2.75) is 70.0 Å². The van der Waals surface area contributed by atoms with Crippen LogP contribution in [0.1, 0.15) is 51.9 Å². The summed E-state index contributed by atoms with van der Waals surface area (Å²) in [7, 11) is -1.79. The Bertz CT molecular complexity index is 499. The first-order valence-electron chi connectivity index (χ1n) is 8.54. The van der Waals surface area contributed by atoms with E-state index in [9.17, 15) is 13.2 Å². The van der Waals surface area contributed by atoms with E-state index in [1.165, 1.54) is 10.7 Å². The van der Waals surface area contributed by atoms with Crippen LogP contribution in [0, 0.1) is 0 Å². The highest BCUT2D eigenvalue weighted by molar-refractivity contribution is 7.87. The Morgan fingerprint density at radius 2 is 1.78 bits per heavy atom. The fraction of sp³-hybridized carbons (Fsp3) is 0.933. The lowest BCUT2D eigenvalue weighted by Crippen LogP contribution is -2.57. The molecule has 7 nitrogen and oxygen atoms in total. The maximum atomic E-state index is 12.5. The maximum Gasteiger partial charge on any atom is 0.317 e. The highest BCUT2D eigenvalue weighted by atomic mass is 32.2. The molecule has 2 aliphatic carbocycles. The van der Waals surface area contributed by atoms with Gasteiger partial charge in [0.25, 0.3) is 10.2 Å². The van der Waals surface area contributed by atoms with Crippen LogP contribution in [0.4, 0.5) is 0 Å². The monoisotopic (exact) mass is 347 g/mol. The van der Waals surface area contributed by atoms with Crippen LogP contribution in [0.3, 0.4) is 0 Å². The third-order valence-corrected chi connectivity index (χ3v) is 6.85. The predicted octanol–water partition coefficient (Wildman–Crippen LogP) is 1.02. The van der Waals surface area contributed by atoms with Gasteiger partial charge >= 0.3 is 5.97 Å². The third kappa shape index (κ3) is 4.89. The average molecular weight is 347 g/mol. The topological polar surface area (TPSA) is 90.0 Å². The molecule has 0 radical (unpaired) electrons. The average Bonchev–Trinajstić information content (AvgIpc) is 2.48. The highest BCUT2D eigenvalue weighted by Crippen LogP contribution is 2.28. The standard InChI is InChI=1S/C15H29N3O4S/c1-3-18(11-15(19)20)14-9-12(10-14)16-23(21,22)17(2)13-7-5-4-6-8-13/h12-14,16H,3-11H2,1-2H3,(H,19,20). The third-order valence-electron chi connectivity index (χ3n) is 5.16. The van der Waals surface area contributed by atoms with Crippen molar-refractivity contribution in [2.75, 3.05) is 20.1 Å². The molecule has 2 saturated carbocycles. The number of aliphatic carboxylic acids is 1. The Morgan fingerprint density at radius 3 is 2.30 bits per heavy atom. The molecule has 0 aliphatic heterocycles. The van der Waals surface area contributed by atoms with Crippen LogP contribution in [0.25, 0.3) is 0 Å². The molecule has 0 bridgehead atoms. The number of nitrogens with one attached hydrogen (secondary N) is 1. The Hall–Kier alpha value is -0.700. The number of carboxylic acid groups (broad SMARTS) is 1. The van der Waals surface area contributed by atoms with E-state index in [4.69, 9.17) is 5.11 Å². The molecule has 0 aromatic carbocycles. The van der Waals surface area contributed by atoms with Gasteiger partial charge in [0, 0.05) is 25.2 Å². The minimum absolute atomic E-state index is 0.0165. The van der Waals surface area contributed by atoms with Crippen molar-refractivity contribution in [1.29, 1.82) is 0 Å². The largest absolute Gasteiger partial charge is 0.480 e. The number of rotatable bonds is 8. The number of hydrogen-bond acceptors (Lipinski definition) is 4. The molecule has 8 heteroatoms. The molecule has 0 saturated heterocycles. The fourth-order valence-corrected chi connectivity index (χ4v) is 4.97. The van der Waals surface area contributed by atoms with Gasteiger partial charge in [-0.1, -0.05) is 26.2 Å². The quantitative estimate of drug-likeness (QED) is 0.684. The molecule has 0 aromatic rings. The van der Waals surface area contributed by atoms with Crippen molar-refractivity contribution in [3.63, 3.8) is 0 Å². The van der Waals surface area contributed by atoms with Gasteiger partial charge in [0.1, 0.15) is 0 Å². The van der Waals surface area contributed by atoms with Crippen molar-refractivity contribution in [2.24, 2.45) is 0 Å². The second-order valence-electron chi connectivity index (χ2n) is 6.71. The van der Waals surface area contributed by atoms with Crippen molar-refractivity contribution in [3.05, 3.63) is 0 Å². The Balaban J connectivity index is 1.82. The molecule has 0 unspecified atom stereocenters. The molecule has 0 atom stereocenters. The van der Waals surface area contributed by atoms with Crippen LogP contribution in [-0.4, -0.2) is 67.0 Å². The van der Waals surface area contributed by atoms with E-state index in [1.807, 2.05) is 11.8 Å². The molecule has 134 valence electrons. The van der Waals surface area contributed by atoms with Crippen molar-refractivity contribution in [3.8, 4) is 0 Å². The van der Waals surface area contributed by atoms with Crippen LogP contribution in [0.2, 0.25) is 0 Å². The lowest BCUT2D eigenvalue weighted by atomic mass is 9.86. The van der Waals surface area contributed by atoms with Gasteiger partial charge in [0.2, 0.25) is 0 Å². The molecule has 0 heterocycles. The summed E-state index contributed by atoms with van der Waals surface area (Å²) >= 11 is 0. The number of carboxylic acids is 1. The first kappa shape index (κ1) is 18.6. The zero-order valence-corrected chi connectivity index (χ0v) is 14.9. The first-order valence-corrected chi connectivity index (χ1v) is 9.98. The minimum Gasteiger partial charge on any atom is -0.480 e. The summed E-state index contributed by atoms with van der Waals surface area (Å²) in [5, 5.41) is 8.89. The van der Waals surface area contributed by atoms with Gasteiger partial charge in [-0.05, 0) is 32.2 Å². The molecule has 0 aromatic heterocycles. The SMILES string of the molecule is CCN(CC(=O)O)C1CC(NS(=O)(=O)N(C)C2CCCCC2)C1. The first-order chi connectivity index (χ1) is 10.8. The Labute approximate surface area is 139 Å². The van der Waals surface area contributed by atoms with Gasteiger partial charge in [-0.25, -0.2) is 0 Å². The summed E-state index contributed by atoms with van der Waals surface area (Å²) in [5.41, 5.74) is 0. The lowest BCUT2D eigenvalue weighted by Gasteiger charge is -2.43. The summed E-state index contributed by atoms with van der Waals surface area (Å²) in [6, 6.07) is 0.180. The van der Waals surface area contributed by atoms with Crippen LogP contribution in [-0.2, 0) is 15.0 Å². The molecule has 0 spiro atoms. The molecular weight excluding hydrogens is 318 g/mol. The smallest absolute Gasteiger partial charge is 0.317 e. The Kier molecular flexibility index (Phi) is 6.41. The summed E-state index contributed by atoms with van der Waals surface area (Å²) in [4.78, 5) is 12.7. The van der Waals surface area contributed by atoms with Gasteiger partial charge in [-0.3, -0.25) is 9.69 Å². The zero-order valence-electron chi connectivity index (χ0n) is 14.1. The molecule has 2 N–H and O–H groups in total. The summed E-state index contributed by atoms with van der Waals surface area (Å²) < 4.78 is 29.2. The van der Waals surface area contributed by atoms with Crippen molar-refractivity contribution in [1.82, 2.24) is 13.9 Å². The second kappa shape index (κ2) is 7.92. The van der Waals surface area contributed by atoms with Gasteiger partial charge in [-0.2, -0.15) is 17.4 Å². The lowest BCUT2D eigenvalue weighted by molar-refractivity contribution is -0.139. The predicted molar refractivity (Wildman–Crippen MR) is 88.4 cm³/mol. The van der Waals surface area contributed by atoms with Crippen LogP contribution in [0.15, 0.2) is 0 Å². The molecule has 2 rings (SSSR count). The zero-order chi connectivity index (χ0) is 17.0. The summed E-state index contributed by atoms with van der Waals surface area (Å²) in [6.45, 7) is 2.61. The molecule has 2 aliphatic rings. The number of hydrogen-bond donors (Lipinski definition) is 2. The Morgan fingerprint density at radius 1 is 1.17 bits per heavy atom. The summed E-state index contributed by atoms with van der Waals surface area (Å²) in [6.07, 6.45) is 6.61. The van der Waals surface area contributed by atoms with E-state index in [1.54, 1.807) is 7.05 Å². The molecular formula is C15H29N3O4S. The van der Waals surface area contributed by atoms with E-state index in [2.05, 4.69) is 4.72 Å². The molecule has 2 fully saturated rings. The highest BCUT2D eigenvalue weighted by Gasteiger charge is 2.38. The van der Waals surface area contributed by atoms with Crippen molar-refractivity contribution < 1.29 is 18.3 Å². The molecule has 23 heavy (non-hydrogen) atoms. The van der Waals surface area contributed by atoms with Gasteiger partial charge in [-0.15, -0.1) is 0 Å².